The largest absolute Gasteiger partial charge is 0.462 e. The van der Waals surface area contributed by atoms with Gasteiger partial charge in [0.2, 0.25) is 0 Å². The molecular weight excluding hydrogens is 341 g/mol. The second-order valence-corrected chi connectivity index (χ2v) is 4.63. The number of alkyl halides is 3. The fourth-order valence-electron chi connectivity index (χ4n) is 1.58. The van der Waals surface area contributed by atoms with Gasteiger partial charge in [0.25, 0.3) is 0 Å². The highest BCUT2D eigenvalue weighted by molar-refractivity contribution is 6.30. The number of nitrogens with one attached hydrogen (secondary N) is 2. The zero-order valence-electron chi connectivity index (χ0n) is 12.2. The van der Waals surface area contributed by atoms with E-state index in [1.807, 2.05) is 0 Å². The number of urea groups is 1. The molecule has 1 unspecified atom stereocenters. The Morgan fingerprint density at radius 3 is 2.22 bits per heavy atom. The molecule has 0 saturated carbocycles. The minimum Gasteiger partial charge on any atom is -0.462 e. The van der Waals surface area contributed by atoms with E-state index in [9.17, 15) is 22.8 Å². The fraction of sp³-hybridized carbons (Fsp3) is 0.385. The molecule has 0 heterocycles. The fourth-order valence-corrected chi connectivity index (χ4v) is 1.70. The van der Waals surface area contributed by atoms with E-state index >= 15 is 0 Å². The zero-order chi connectivity index (χ0) is 17.7. The van der Waals surface area contributed by atoms with Gasteiger partial charge in [-0.25, -0.2) is 9.59 Å². The number of carbonyl (C=O) groups excluding carboxylic acids is 2. The summed E-state index contributed by atoms with van der Waals surface area (Å²) in [4.78, 5) is 23.4. The lowest BCUT2D eigenvalue weighted by Crippen LogP contribution is -2.66. The van der Waals surface area contributed by atoms with E-state index < -0.39 is 23.9 Å². The van der Waals surface area contributed by atoms with Crippen molar-refractivity contribution in [1.29, 1.82) is 0 Å². The molecule has 1 aromatic carbocycles. The van der Waals surface area contributed by atoms with Crippen molar-refractivity contribution in [2.24, 2.45) is 0 Å². The summed E-state index contributed by atoms with van der Waals surface area (Å²) >= 11 is 5.66. The summed E-state index contributed by atoms with van der Waals surface area (Å²) in [7, 11) is 0.632. The van der Waals surface area contributed by atoms with E-state index in [-0.39, 0.29) is 12.3 Å². The summed E-state index contributed by atoms with van der Waals surface area (Å²) in [5.74, 6) is -1.78. The molecule has 0 aromatic heterocycles. The Morgan fingerprint density at radius 2 is 1.78 bits per heavy atom. The first kappa shape index (κ1) is 19.0. The molecule has 2 amide bonds. The van der Waals surface area contributed by atoms with Gasteiger partial charge in [-0.2, -0.15) is 13.2 Å². The molecule has 0 radical (unpaired) electrons. The molecule has 0 spiro atoms. The van der Waals surface area contributed by atoms with E-state index in [4.69, 9.17) is 11.6 Å². The number of methoxy groups -OCH3 is 1. The van der Waals surface area contributed by atoms with Gasteiger partial charge in [-0.1, -0.05) is 11.6 Å². The van der Waals surface area contributed by atoms with Crippen molar-refractivity contribution in [2.45, 2.75) is 18.8 Å². The summed E-state index contributed by atoms with van der Waals surface area (Å²) < 4.78 is 48.2. The summed E-state index contributed by atoms with van der Waals surface area (Å²) in [6.07, 6.45) is -5.23. The SMILES string of the molecule is CCOC(=O)C(NC(=O)Nc1ccc(Cl)cc1)(OC)C(F)(F)F. The van der Waals surface area contributed by atoms with E-state index in [2.05, 4.69) is 14.8 Å². The van der Waals surface area contributed by atoms with E-state index in [0.717, 1.165) is 0 Å². The lowest BCUT2D eigenvalue weighted by Gasteiger charge is -2.32. The van der Waals surface area contributed by atoms with Crippen molar-refractivity contribution in [3.05, 3.63) is 29.3 Å². The zero-order valence-corrected chi connectivity index (χ0v) is 12.9. The average Bonchev–Trinajstić information content (AvgIpc) is 2.46. The summed E-state index contributed by atoms with van der Waals surface area (Å²) in [5, 5.41) is 3.97. The topological polar surface area (TPSA) is 76.7 Å². The number of ether oxygens (including phenoxy) is 2. The summed E-state index contributed by atoms with van der Waals surface area (Å²) in [6, 6.07) is 4.29. The van der Waals surface area contributed by atoms with Crippen molar-refractivity contribution in [3.63, 3.8) is 0 Å². The number of hydrogen-bond donors (Lipinski definition) is 2. The third kappa shape index (κ3) is 4.49. The average molecular weight is 355 g/mol. The van der Waals surface area contributed by atoms with E-state index in [1.165, 1.54) is 36.5 Å². The second-order valence-electron chi connectivity index (χ2n) is 4.19. The highest BCUT2D eigenvalue weighted by Crippen LogP contribution is 2.32. The van der Waals surface area contributed by atoms with Gasteiger partial charge in [0.15, 0.2) is 0 Å². The molecule has 128 valence electrons. The molecule has 0 aliphatic heterocycles. The van der Waals surface area contributed by atoms with Crippen LogP contribution in [0.3, 0.4) is 0 Å². The predicted molar refractivity (Wildman–Crippen MR) is 76.0 cm³/mol. The third-order valence-electron chi connectivity index (χ3n) is 2.66. The van der Waals surface area contributed by atoms with Crippen LogP contribution in [-0.2, 0) is 14.3 Å². The Kier molecular flexibility index (Phi) is 6.22. The Hall–Kier alpha value is -2.00. The highest BCUT2D eigenvalue weighted by atomic mass is 35.5. The minimum atomic E-state index is -5.23. The van der Waals surface area contributed by atoms with Crippen LogP contribution < -0.4 is 10.6 Å². The normalized spacial score (nSPS) is 13.8. The molecule has 0 saturated heterocycles. The molecule has 0 bridgehead atoms. The van der Waals surface area contributed by atoms with Crippen molar-refractivity contribution >= 4 is 29.3 Å². The first-order valence-corrected chi connectivity index (χ1v) is 6.68. The van der Waals surface area contributed by atoms with Gasteiger partial charge < -0.3 is 14.8 Å². The molecule has 6 nitrogen and oxygen atoms in total. The molecule has 1 rings (SSSR count). The van der Waals surface area contributed by atoms with Crippen LogP contribution in [0.1, 0.15) is 6.92 Å². The van der Waals surface area contributed by atoms with E-state index in [0.29, 0.717) is 12.1 Å². The number of rotatable bonds is 5. The number of amides is 2. The first-order chi connectivity index (χ1) is 10.7. The van der Waals surface area contributed by atoms with Crippen LogP contribution in [0.5, 0.6) is 0 Å². The van der Waals surface area contributed by atoms with Gasteiger partial charge >= 0.3 is 23.9 Å². The van der Waals surface area contributed by atoms with Crippen molar-refractivity contribution < 1.29 is 32.2 Å². The number of carbonyl (C=O) groups is 2. The van der Waals surface area contributed by atoms with Gasteiger partial charge in [-0.15, -0.1) is 0 Å². The lowest BCUT2D eigenvalue weighted by molar-refractivity contribution is -0.276. The number of hydrogen-bond acceptors (Lipinski definition) is 4. The van der Waals surface area contributed by atoms with Crippen molar-refractivity contribution in [1.82, 2.24) is 5.32 Å². The molecule has 1 aromatic rings. The highest BCUT2D eigenvalue weighted by Gasteiger charge is 2.64. The maximum absolute atomic E-state index is 13.2. The minimum absolute atomic E-state index is 0.169. The van der Waals surface area contributed by atoms with Gasteiger partial charge in [-0.05, 0) is 31.2 Å². The van der Waals surface area contributed by atoms with Gasteiger partial charge in [0.05, 0.1) is 6.61 Å². The molecule has 1 atom stereocenters. The third-order valence-corrected chi connectivity index (χ3v) is 2.91. The van der Waals surface area contributed by atoms with Crippen LogP contribution in [0.15, 0.2) is 24.3 Å². The summed E-state index contributed by atoms with van der Waals surface area (Å²) in [5.41, 5.74) is -3.44. The molecular formula is C13H14ClF3N2O4. The molecule has 2 N–H and O–H groups in total. The van der Waals surface area contributed by atoms with E-state index in [1.54, 1.807) is 0 Å². The molecule has 0 aliphatic rings. The maximum Gasteiger partial charge on any atom is 0.448 e. The number of esters is 1. The van der Waals surface area contributed by atoms with Crippen molar-refractivity contribution in [2.75, 3.05) is 19.0 Å². The quantitative estimate of drug-likeness (QED) is 0.629. The number of benzene rings is 1. The van der Waals surface area contributed by atoms with Crippen molar-refractivity contribution in [3.8, 4) is 0 Å². The standard InChI is InChI=1S/C13H14ClF3N2O4/c1-3-23-10(20)12(22-2,13(15,16)17)19-11(21)18-9-6-4-8(14)5-7-9/h4-7H,3H2,1-2H3,(H2,18,19,21). The second kappa shape index (κ2) is 7.51. The molecule has 0 aliphatic carbocycles. The monoisotopic (exact) mass is 354 g/mol. The van der Waals surface area contributed by atoms with Crippen LogP contribution in [0.4, 0.5) is 23.7 Å². The van der Waals surface area contributed by atoms with Crippen LogP contribution in [0, 0.1) is 0 Å². The summed E-state index contributed by atoms with van der Waals surface area (Å²) in [6.45, 7) is 1.00. The smallest absolute Gasteiger partial charge is 0.448 e. The van der Waals surface area contributed by atoms with Crippen LogP contribution in [0.25, 0.3) is 0 Å². The molecule has 23 heavy (non-hydrogen) atoms. The maximum atomic E-state index is 13.2. The lowest BCUT2D eigenvalue weighted by atomic mass is 10.2. The Labute approximate surface area is 134 Å². The molecule has 10 heteroatoms. The first-order valence-electron chi connectivity index (χ1n) is 6.30. The Bertz CT molecular complexity index is 565. The van der Waals surface area contributed by atoms with Crippen LogP contribution in [0.2, 0.25) is 5.02 Å². The number of anilines is 1. The Balaban J connectivity index is 2.98. The molecule has 0 fully saturated rings. The number of halogens is 4. The van der Waals surface area contributed by atoms with Crippen LogP contribution >= 0.6 is 11.6 Å². The van der Waals surface area contributed by atoms with Gasteiger partial charge in [0.1, 0.15) is 0 Å². The van der Waals surface area contributed by atoms with Gasteiger partial charge in [0, 0.05) is 17.8 Å². The Morgan fingerprint density at radius 1 is 1.22 bits per heavy atom. The van der Waals surface area contributed by atoms with Gasteiger partial charge in [-0.3, -0.25) is 5.32 Å². The predicted octanol–water partition coefficient (Wildman–Crippen LogP) is 2.93. The van der Waals surface area contributed by atoms with Crippen LogP contribution in [-0.4, -0.2) is 37.6 Å².